The van der Waals surface area contributed by atoms with E-state index < -0.39 is 0 Å². The van der Waals surface area contributed by atoms with Gasteiger partial charge in [0, 0.05) is 37.0 Å². The highest BCUT2D eigenvalue weighted by molar-refractivity contribution is 6.30. The maximum absolute atomic E-state index is 12.7. The second kappa shape index (κ2) is 6.99. The van der Waals surface area contributed by atoms with Gasteiger partial charge in [0.25, 0.3) is 0 Å². The molecule has 1 aromatic carbocycles. The van der Waals surface area contributed by atoms with Gasteiger partial charge in [0.15, 0.2) is 0 Å². The van der Waals surface area contributed by atoms with E-state index in [4.69, 9.17) is 16.3 Å². The zero-order chi connectivity index (χ0) is 15.5. The van der Waals surface area contributed by atoms with Gasteiger partial charge in [-0.3, -0.25) is 9.69 Å². The Kier molecular flexibility index (Phi) is 5.01. The minimum Gasteiger partial charge on any atom is -0.378 e. The molecule has 0 aliphatic carbocycles. The quantitative estimate of drug-likeness (QED) is 0.854. The first-order valence-electron chi connectivity index (χ1n) is 8.11. The zero-order valence-corrected chi connectivity index (χ0v) is 13.8. The summed E-state index contributed by atoms with van der Waals surface area (Å²) in [6.45, 7) is 5.51. The van der Waals surface area contributed by atoms with Gasteiger partial charge in [0.2, 0.25) is 5.91 Å². The van der Waals surface area contributed by atoms with Crippen molar-refractivity contribution < 1.29 is 9.53 Å². The number of piperidine rings is 1. The van der Waals surface area contributed by atoms with Crippen LogP contribution in [0.2, 0.25) is 5.02 Å². The topological polar surface area (TPSA) is 32.8 Å². The van der Waals surface area contributed by atoms with Crippen molar-refractivity contribution in [2.45, 2.75) is 38.3 Å². The number of anilines is 1. The Morgan fingerprint density at radius 1 is 1.14 bits per heavy atom. The molecule has 5 heteroatoms. The van der Waals surface area contributed by atoms with Gasteiger partial charge in [-0.25, -0.2) is 0 Å². The largest absolute Gasteiger partial charge is 0.378 e. The van der Waals surface area contributed by atoms with Gasteiger partial charge in [0.05, 0.1) is 12.1 Å². The number of nitrogens with zero attached hydrogens (tertiary/aromatic N) is 2. The third kappa shape index (κ3) is 3.29. The monoisotopic (exact) mass is 322 g/mol. The highest BCUT2D eigenvalue weighted by Crippen LogP contribution is 2.27. The first kappa shape index (κ1) is 15.8. The number of halogens is 1. The Hall–Kier alpha value is -1.10. The first-order valence-corrected chi connectivity index (χ1v) is 8.49. The van der Waals surface area contributed by atoms with Crippen molar-refractivity contribution >= 4 is 23.2 Å². The Balaban J connectivity index is 1.61. The third-order valence-electron chi connectivity index (χ3n) is 4.64. The van der Waals surface area contributed by atoms with Gasteiger partial charge in [-0.1, -0.05) is 11.6 Å². The van der Waals surface area contributed by atoms with E-state index in [2.05, 4.69) is 4.90 Å². The molecule has 2 heterocycles. The zero-order valence-electron chi connectivity index (χ0n) is 13.0. The van der Waals surface area contributed by atoms with E-state index in [0.29, 0.717) is 11.1 Å². The number of carbonyl (C=O) groups is 1. The maximum atomic E-state index is 12.7. The van der Waals surface area contributed by atoms with Crippen molar-refractivity contribution in [1.82, 2.24) is 4.90 Å². The number of benzene rings is 1. The highest BCUT2D eigenvalue weighted by Gasteiger charge is 2.37. The molecule has 1 aromatic rings. The summed E-state index contributed by atoms with van der Waals surface area (Å²) >= 11 is 5.92. The molecule has 1 amide bonds. The lowest BCUT2D eigenvalue weighted by Gasteiger charge is -2.34. The summed E-state index contributed by atoms with van der Waals surface area (Å²) in [4.78, 5) is 16.9. The van der Waals surface area contributed by atoms with Crippen LogP contribution in [0.15, 0.2) is 24.3 Å². The van der Waals surface area contributed by atoms with Crippen molar-refractivity contribution in [1.29, 1.82) is 0 Å². The third-order valence-corrected chi connectivity index (χ3v) is 4.89. The molecule has 1 unspecified atom stereocenters. The van der Waals surface area contributed by atoms with Crippen LogP contribution >= 0.6 is 11.6 Å². The van der Waals surface area contributed by atoms with E-state index in [-0.39, 0.29) is 11.9 Å². The number of amides is 1. The fourth-order valence-corrected chi connectivity index (χ4v) is 3.60. The molecule has 2 aliphatic rings. The van der Waals surface area contributed by atoms with E-state index >= 15 is 0 Å². The molecular formula is C17H23ClN2O2. The van der Waals surface area contributed by atoms with Crippen LogP contribution in [0.25, 0.3) is 0 Å². The number of ether oxygens (including phenoxy) is 1. The van der Waals surface area contributed by atoms with Gasteiger partial charge in [0.1, 0.15) is 0 Å². The maximum Gasteiger partial charge on any atom is 0.244 e. The predicted octanol–water partition coefficient (Wildman–Crippen LogP) is 2.95. The van der Waals surface area contributed by atoms with Crippen LogP contribution in [0, 0.1) is 0 Å². The van der Waals surface area contributed by atoms with E-state index in [1.807, 2.05) is 36.1 Å². The second-order valence-corrected chi connectivity index (χ2v) is 6.40. The molecule has 0 aromatic heterocycles. The van der Waals surface area contributed by atoms with Crippen LogP contribution in [0.4, 0.5) is 5.69 Å². The van der Waals surface area contributed by atoms with Crippen LogP contribution in [0.3, 0.4) is 0 Å². The lowest BCUT2D eigenvalue weighted by atomic mass is 10.0. The molecule has 1 atom stereocenters. The average molecular weight is 323 g/mol. The molecule has 0 radical (unpaired) electrons. The standard InChI is InChI=1S/C17H23ClN2O2/c1-2-22-15-7-10-19(11-8-15)16-9-12-20(17(16)21)14-5-3-13(18)4-6-14/h3-6,15-16H,2,7-12H2,1H3. The lowest BCUT2D eigenvalue weighted by molar-refractivity contribution is -0.122. The van der Waals surface area contributed by atoms with Crippen molar-refractivity contribution in [3.05, 3.63) is 29.3 Å². The molecule has 0 spiro atoms. The van der Waals surface area contributed by atoms with E-state index in [9.17, 15) is 4.79 Å². The molecule has 120 valence electrons. The smallest absolute Gasteiger partial charge is 0.244 e. The molecule has 2 aliphatic heterocycles. The number of carbonyl (C=O) groups excluding carboxylic acids is 1. The Morgan fingerprint density at radius 3 is 2.45 bits per heavy atom. The van der Waals surface area contributed by atoms with E-state index in [1.54, 1.807) is 0 Å². The molecule has 0 N–H and O–H groups in total. The normalized spacial score (nSPS) is 24.2. The average Bonchev–Trinajstić information content (AvgIpc) is 2.91. The summed E-state index contributed by atoms with van der Waals surface area (Å²) in [5.74, 6) is 0.220. The van der Waals surface area contributed by atoms with Crippen LogP contribution in [-0.2, 0) is 9.53 Å². The van der Waals surface area contributed by atoms with Crippen molar-refractivity contribution in [2.24, 2.45) is 0 Å². The summed E-state index contributed by atoms with van der Waals surface area (Å²) in [7, 11) is 0. The van der Waals surface area contributed by atoms with Crippen molar-refractivity contribution in [3.8, 4) is 0 Å². The Labute approximate surface area is 137 Å². The van der Waals surface area contributed by atoms with Gasteiger partial charge in [-0.2, -0.15) is 0 Å². The minimum absolute atomic E-state index is 0.0262. The van der Waals surface area contributed by atoms with Crippen LogP contribution in [0.1, 0.15) is 26.2 Å². The van der Waals surface area contributed by atoms with Crippen LogP contribution in [-0.4, -0.2) is 49.2 Å². The van der Waals surface area contributed by atoms with Gasteiger partial charge < -0.3 is 9.64 Å². The second-order valence-electron chi connectivity index (χ2n) is 5.96. The summed E-state index contributed by atoms with van der Waals surface area (Å²) in [5.41, 5.74) is 0.945. The fraction of sp³-hybridized carbons (Fsp3) is 0.588. The number of hydrogen-bond acceptors (Lipinski definition) is 3. The number of likely N-dealkylation sites (tertiary alicyclic amines) is 1. The van der Waals surface area contributed by atoms with Gasteiger partial charge in [-0.05, 0) is 50.5 Å². The van der Waals surface area contributed by atoms with Crippen LogP contribution < -0.4 is 4.90 Å². The lowest BCUT2D eigenvalue weighted by Crippen LogP contribution is -2.47. The molecule has 22 heavy (non-hydrogen) atoms. The van der Waals surface area contributed by atoms with Gasteiger partial charge >= 0.3 is 0 Å². The fourth-order valence-electron chi connectivity index (χ4n) is 3.47. The van der Waals surface area contributed by atoms with Crippen molar-refractivity contribution in [2.75, 3.05) is 31.1 Å². The summed E-state index contributed by atoms with van der Waals surface area (Å²) in [5, 5.41) is 0.699. The molecule has 0 saturated carbocycles. The first-order chi connectivity index (χ1) is 10.7. The summed E-state index contributed by atoms with van der Waals surface area (Å²) in [6, 6.07) is 7.54. The molecular weight excluding hydrogens is 300 g/mol. The minimum atomic E-state index is 0.0262. The molecule has 3 rings (SSSR count). The van der Waals surface area contributed by atoms with Crippen molar-refractivity contribution in [3.63, 3.8) is 0 Å². The molecule has 2 saturated heterocycles. The van der Waals surface area contributed by atoms with E-state index in [0.717, 1.165) is 51.2 Å². The molecule has 0 bridgehead atoms. The summed E-state index contributed by atoms with van der Waals surface area (Å²) < 4.78 is 5.69. The summed E-state index contributed by atoms with van der Waals surface area (Å²) in [6.07, 6.45) is 3.32. The predicted molar refractivity (Wildman–Crippen MR) is 88.4 cm³/mol. The Morgan fingerprint density at radius 2 is 1.82 bits per heavy atom. The van der Waals surface area contributed by atoms with Crippen LogP contribution in [0.5, 0.6) is 0 Å². The van der Waals surface area contributed by atoms with E-state index in [1.165, 1.54) is 0 Å². The molecule has 2 fully saturated rings. The highest BCUT2D eigenvalue weighted by atomic mass is 35.5. The number of rotatable bonds is 4. The number of hydrogen-bond donors (Lipinski definition) is 0. The van der Waals surface area contributed by atoms with Gasteiger partial charge in [-0.15, -0.1) is 0 Å². The SMILES string of the molecule is CCOC1CCN(C2CCN(c3ccc(Cl)cc3)C2=O)CC1. The Bertz CT molecular complexity index is 512. The molecule has 4 nitrogen and oxygen atoms in total.